The fourth-order valence-corrected chi connectivity index (χ4v) is 3.33. The van der Waals surface area contributed by atoms with E-state index in [1.165, 1.54) is 0 Å². The number of nitrogens with one attached hydrogen (secondary N) is 3. The van der Waals surface area contributed by atoms with Gasteiger partial charge in [0, 0.05) is 13.2 Å². The Labute approximate surface area is 204 Å². The van der Waals surface area contributed by atoms with Crippen molar-refractivity contribution in [1.82, 2.24) is 10.6 Å². The number of rotatable bonds is 10. The second-order valence-electron chi connectivity index (χ2n) is 7.16. The van der Waals surface area contributed by atoms with Gasteiger partial charge in [0.1, 0.15) is 12.4 Å². The molecule has 7 nitrogen and oxygen atoms in total. The van der Waals surface area contributed by atoms with Crippen molar-refractivity contribution in [3.63, 3.8) is 0 Å². The first-order valence-electron chi connectivity index (χ1n) is 10.9. The highest BCUT2D eigenvalue weighted by Gasteiger charge is 2.16. The van der Waals surface area contributed by atoms with E-state index in [1.54, 1.807) is 48.5 Å². The Hall–Kier alpha value is -3.75. The van der Waals surface area contributed by atoms with Gasteiger partial charge in [0.05, 0.1) is 23.4 Å². The lowest BCUT2D eigenvalue weighted by atomic mass is 10.1. The van der Waals surface area contributed by atoms with Gasteiger partial charge < -0.3 is 20.1 Å². The van der Waals surface area contributed by atoms with E-state index in [0.717, 1.165) is 5.56 Å². The third-order valence-electron chi connectivity index (χ3n) is 4.76. The quantitative estimate of drug-likeness (QED) is 0.300. The fraction of sp³-hybridized carbons (Fsp3) is 0.192. The van der Waals surface area contributed by atoms with E-state index in [0.29, 0.717) is 48.9 Å². The predicted octanol–water partition coefficient (Wildman–Crippen LogP) is 4.16. The van der Waals surface area contributed by atoms with Crippen LogP contribution in [0, 0.1) is 0 Å². The number of hydrogen-bond donors (Lipinski definition) is 3. The summed E-state index contributed by atoms with van der Waals surface area (Å²) in [5.41, 5.74) is 2.23. The van der Waals surface area contributed by atoms with Crippen molar-refractivity contribution in [2.45, 2.75) is 13.5 Å². The summed E-state index contributed by atoms with van der Waals surface area (Å²) in [7, 11) is 0. The minimum atomic E-state index is -0.421. The van der Waals surface area contributed by atoms with Gasteiger partial charge in [-0.15, -0.1) is 0 Å². The molecule has 0 unspecified atom stereocenters. The third-order valence-corrected chi connectivity index (χ3v) is 4.97. The fourth-order valence-electron chi connectivity index (χ4n) is 3.12. The molecule has 0 atom stereocenters. The van der Waals surface area contributed by atoms with Gasteiger partial charge in [-0.1, -0.05) is 54.6 Å². The van der Waals surface area contributed by atoms with E-state index in [2.05, 4.69) is 16.0 Å². The molecule has 3 N–H and O–H groups in total. The molecule has 0 bridgehead atoms. The lowest BCUT2D eigenvalue weighted by Gasteiger charge is -2.15. The van der Waals surface area contributed by atoms with Crippen LogP contribution in [0.5, 0.6) is 5.75 Å². The van der Waals surface area contributed by atoms with Gasteiger partial charge in [-0.3, -0.25) is 14.9 Å². The van der Waals surface area contributed by atoms with Crippen molar-refractivity contribution in [2.75, 3.05) is 25.1 Å². The van der Waals surface area contributed by atoms with Crippen LogP contribution in [0.2, 0.25) is 0 Å². The van der Waals surface area contributed by atoms with E-state index in [4.69, 9.17) is 21.7 Å². The van der Waals surface area contributed by atoms with E-state index < -0.39 is 5.91 Å². The summed E-state index contributed by atoms with van der Waals surface area (Å²) in [5, 5.41) is 8.56. The van der Waals surface area contributed by atoms with Crippen LogP contribution in [0.3, 0.4) is 0 Å². The maximum Gasteiger partial charge on any atom is 0.261 e. The number of thiocarbonyl (C=S) groups is 1. The number of para-hydroxylation sites is 2. The van der Waals surface area contributed by atoms with Crippen molar-refractivity contribution in [2.24, 2.45) is 0 Å². The van der Waals surface area contributed by atoms with Gasteiger partial charge in [0.2, 0.25) is 0 Å². The van der Waals surface area contributed by atoms with Crippen molar-refractivity contribution in [3.8, 4) is 5.75 Å². The van der Waals surface area contributed by atoms with Crippen LogP contribution in [0.15, 0.2) is 78.9 Å². The average molecular weight is 478 g/mol. The molecule has 0 saturated heterocycles. The van der Waals surface area contributed by atoms with Gasteiger partial charge >= 0.3 is 0 Å². The van der Waals surface area contributed by atoms with Gasteiger partial charge in [0.15, 0.2) is 5.11 Å². The summed E-state index contributed by atoms with van der Waals surface area (Å²) in [6.45, 7) is 3.65. The summed E-state index contributed by atoms with van der Waals surface area (Å²) in [4.78, 5) is 25.6. The van der Waals surface area contributed by atoms with Gasteiger partial charge in [-0.05, 0) is 49.0 Å². The van der Waals surface area contributed by atoms with E-state index in [1.807, 2.05) is 37.3 Å². The molecule has 3 rings (SSSR count). The molecule has 0 aliphatic heterocycles. The monoisotopic (exact) mass is 477 g/mol. The number of amides is 2. The van der Waals surface area contributed by atoms with Crippen molar-refractivity contribution in [3.05, 3.63) is 95.6 Å². The molecule has 3 aromatic carbocycles. The Morgan fingerprint density at radius 1 is 0.824 bits per heavy atom. The summed E-state index contributed by atoms with van der Waals surface area (Å²) in [5.74, 6) is -0.243. The maximum atomic E-state index is 12.8. The van der Waals surface area contributed by atoms with E-state index >= 15 is 0 Å². The Bertz CT molecular complexity index is 1120. The second kappa shape index (κ2) is 13.1. The topological polar surface area (TPSA) is 88.7 Å². The first-order chi connectivity index (χ1) is 16.6. The molecule has 0 aliphatic rings. The number of ether oxygens (including phenoxy) is 2. The molecule has 2 amide bonds. The summed E-state index contributed by atoms with van der Waals surface area (Å²) >= 11 is 5.33. The van der Waals surface area contributed by atoms with Crippen LogP contribution in [0.25, 0.3) is 0 Å². The smallest absolute Gasteiger partial charge is 0.261 e. The van der Waals surface area contributed by atoms with Crippen molar-refractivity contribution < 1.29 is 19.1 Å². The standard InChI is InChI=1S/C26H27N3O4S/c1-2-32-16-17-33-23-15-9-7-13-21(23)25(31)29-26(34)28-22-14-8-6-12-20(22)24(30)27-18-19-10-4-3-5-11-19/h3-15H,2,16-18H2,1H3,(H,27,30)(H2,28,29,31,34). The zero-order valence-corrected chi connectivity index (χ0v) is 19.7. The van der Waals surface area contributed by atoms with Gasteiger partial charge in [0.25, 0.3) is 11.8 Å². The predicted molar refractivity (Wildman–Crippen MR) is 136 cm³/mol. The Balaban J connectivity index is 1.61. The first-order valence-corrected chi connectivity index (χ1v) is 11.3. The Morgan fingerprint density at radius 2 is 1.50 bits per heavy atom. The highest BCUT2D eigenvalue weighted by molar-refractivity contribution is 7.80. The molecular formula is C26H27N3O4S. The molecule has 3 aromatic rings. The second-order valence-corrected chi connectivity index (χ2v) is 7.57. The molecule has 8 heteroatoms. The van der Waals surface area contributed by atoms with Crippen molar-refractivity contribution in [1.29, 1.82) is 0 Å². The number of hydrogen-bond acceptors (Lipinski definition) is 5. The molecule has 176 valence electrons. The van der Waals surface area contributed by atoms with Crippen LogP contribution in [0.4, 0.5) is 5.69 Å². The molecule has 0 aromatic heterocycles. The summed E-state index contributed by atoms with van der Waals surface area (Å²) in [6, 6.07) is 23.5. The Morgan fingerprint density at radius 3 is 2.26 bits per heavy atom. The molecule has 0 heterocycles. The first kappa shape index (κ1) is 24.9. The largest absolute Gasteiger partial charge is 0.490 e. The van der Waals surface area contributed by atoms with Crippen molar-refractivity contribution >= 4 is 34.8 Å². The molecule has 0 spiro atoms. The minimum absolute atomic E-state index is 0.0671. The molecular weight excluding hydrogens is 450 g/mol. The van der Waals surface area contributed by atoms with Crippen LogP contribution >= 0.6 is 12.2 Å². The highest BCUT2D eigenvalue weighted by atomic mass is 32.1. The highest BCUT2D eigenvalue weighted by Crippen LogP contribution is 2.19. The maximum absolute atomic E-state index is 12.8. The van der Waals surface area contributed by atoms with E-state index in [-0.39, 0.29) is 11.0 Å². The lowest BCUT2D eigenvalue weighted by molar-refractivity contribution is 0.0947. The zero-order chi connectivity index (χ0) is 24.2. The summed E-state index contributed by atoms with van der Waals surface area (Å²) in [6.07, 6.45) is 0. The molecule has 0 saturated carbocycles. The number of anilines is 1. The van der Waals surface area contributed by atoms with Gasteiger partial charge in [-0.2, -0.15) is 0 Å². The van der Waals surface area contributed by atoms with Crippen LogP contribution < -0.4 is 20.7 Å². The van der Waals surface area contributed by atoms with Gasteiger partial charge in [-0.25, -0.2) is 0 Å². The Kier molecular flexibility index (Phi) is 9.57. The van der Waals surface area contributed by atoms with E-state index in [9.17, 15) is 9.59 Å². The number of carbonyl (C=O) groups is 2. The lowest BCUT2D eigenvalue weighted by Crippen LogP contribution is -2.35. The average Bonchev–Trinajstić information content (AvgIpc) is 2.86. The normalized spacial score (nSPS) is 10.3. The number of carbonyl (C=O) groups excluding carboxylic acids is 2. The zero-order valence-electron chi connectivity index (χ0n) is 18.9. The SMILES string of the molecule is CCOCCOc1ccccc1C(=O)NC(=S)Nc1ccccc1C(=O)NCc1ccccc1. The molecule has 0 aliphatic carbocycles. The van der Waals surface area contributed by atoms with Crippen LogP contribution in [-0.4, -0.2) is 36.7 Å². The van der Waals surface area contributed by atoms with Crippen LogP contribution in [0.1, 0.15) is 33.2 Å². The summed E-state index contributed by atoms with van der Waals surface area (Å²) < 4.78 is 10.9. The third kappa shape index (κ3) is 7.40. The number of benzene rings is 3. The minimum Gasteiger partial charge on any atom is -0.490 e. The van der Waals surface area contributed by atoms with Crippen LogP contribution in [-0.2, 0) is 11.3 Å². The molecule has 34 heavy (non-hydrogen) atoms. The molecule has 0 fully saturated rings. The molecule has 0 radical (unpaired) electrons.